The second-order valence-electron chi connectivity index (χ2n) is 3.49. The van der Waals surface area contributed by atoms with Crippen molar-refractivity contribution in [3.05, 3.63) is 30.1 Å². The molecule has 0 aliphatic heterocycles. The zero-order valence-electron chi connectivity index (χ0n) is 9.77. The molecular weight excluding hydrogens is 257 g/mol. The number of amides is 3. The summed E-state index contributed by atoms with van der Waals surface area (Å²) in [6.45, 7) is -0.875. The van der Waals surface area contributed by atoms with Crippen LogP contribution < -0.4 is 16.0 Å². The fourth-order valence-electron chi connectivity index (χ4n) is 1.11. The highest BCUT2D eigenvalue weighted by Gasteiger charge is 2.06. The second-order valence-corrected chi connectivity index (χ2v) is 3.49. The number of nitrogens with one attached hydrogen (secondary N) is 3. The summed E-state index contributed by atoms with van der Waals surface area (Å²) in [6.07, 6.45) is 0. The van der Waals surface area contributed by atoms with Crippen molar-refractivity contribution in [1.29, 1.82) is 0 Å². The number of hydrogen-bond donors (Lipinski definition) is 4. The zero-order valence-corrected chi connectivity index (χ0v) is 9.77. The molecule has 0 fully saturated rings. The number of urea groups is 1. The van der Waals surface area contributed by atoms with Crippen LogP contribution in [0.4, 0.5) is 14.9 Å². The van der Waals surface area contributed by atoms with Gasteiger partial charge < -0.3 is 21.1 Å². The molecule has 0 spiro atoms. The van der Waals surface area contributed by atoms with Gasteiger partial charge in [-0.05, 0) is 24.3 Å². The third-order valence-electron chi connectivity index (χ3n) is 1.95. The number of halogens is 1. The molecule has 1 aromatic carbocycles. The predicted octanol–water partition coefficient (Wildman–Crippen LogP) is 0.148. The van der Waals surface area contributed by atoms with Crippen LogP contribution in [0.5, 0.6) is 0 Å². The number of carboxylic acid groups (broad SMARTS) is 1. The SMILES string of the molecule is O=C(O)CNC(=O)CNC(=O)Nc1ccc(F)cc1. The molecule has 0 saturated heterocycles. The number of carbonyl (C=O) groups is 3. The summed E-state index contributed by atoms with van der Waals surface area (Å²) in [6, 6.07) is 4.42. The molecule has 4 N–H and O–H groups in total. The number of anilines is 1. The Morgan fingerprint density at radius 3 is 2.26 bits per heavy atom. The summed E-state index contributed by atoms with van der Waals surface area (Å²) in [5.74, 6) is -2.24. The summed E-state index contributed by atoms with van der Waals surface area (Å²) in [5, 5.41) is 15.0. The van der Waals surface area contributed by atoms with Crippen molar-refractivity contribution in [2.24, 2.45) is 0 Å². The van der Waals surface area contributed by atoms with Crippen molar-refractivity contribution < 1.29 is 23.9 Å². The largest absolute Gasteiger partial charge is 0.480 e. The highest BCUT2D eigenvalue weighted by molar-refractivity contribution is 5.92. The van der Waals surface area contributed by atoms with Gasteiger partial charge in [-0.1, -0.05) is 0 Å². The standard InChI is InChI=1S/C11H12FN3O4/c12-7-1-3-8(4-2-7)15-11(19)14-5-9(16)13-6-10(17)18/h1-4H,5-6H2,(H,13,16)(H,17,18)(H2,14,15,19). The molecule has 0 atom stereocenters. The number of aliphatic carboxylic acids is 1. The number of hydrogen-bond acceptors (Lipinski definition) is 3. The van der Waals surface area contributed by atoms with Crippen LogP contribution in [0.2, 0.25) is 0 Å². The van der Waals surface area contributed by atoms with Crippen LogP contribution in [0, 0.1) is 5.82 Å². The molecule has 3 amide bonds. The molecular formula is C11H12FN3O4. The lowest BCUT2D eigenvalue weighted by atomic mass is 10.3. The number of carbonyl (C=O) groups excluding carboxylic acids is 2. The Morgan fingerprint density at radius 2 is 1.68 bits per heavy atom. The Morgan fingerprint density at radius 1 is 1.05 bits per heavy atom. The minimum absolute atomic E-state index is 0.361. The van der Waals surface area contributed by atoms with E-state index in [1.165, 1.54) is 24.3 Å². The van der Waals surface area contributed by atoms with Crippen LogP contribution in [0.25, 0.3) is 0 Å². The first-order chi connectivity index (χ1) is 8.97. The van der Waals surface area contributed by atoms with Crippen LogP contribution in [0.1, 0.15) is 0 Å². The molecule has 8 heteroatoms. The molecule has 1 aromatic rings. The molecule has 7 nitrogen and oxygen atoms in total. The molecule has 1 rings (SSSR count). The van der Waals surface area contributed by atoms with Crippen molar-refractivity contribution in [1.82, 2.24) is 10.6 Å². The van der Waals surface area contributed by atoms with E-state index in [2.05, 4.69) is 16.0 Å². The van der Waals surface area contributed by atoms with Gasteiger partial charge in [0.1, 0.15) is 12.4 Å². The van der Waals surface area contributed by atoms with Gasteiger partial charge in [0.2, 0.25) is 5.91 Å². The first-order valence-electron chi connectivity index (χ1n) is 5.26. The maximum Gasteiger partial charge on any atom is 0.322 e. The quantitative estimate of drug-likeness (QED) is 0.610. The number of carboxylic acids is 1. The summed E-state index contributed by atoms with van der Waals surface area (Å²) < 4.78 is 12.6. The van der Waals surface area contributed by atoms with Crippen molar-refractivity contribution >= 4 is 23.6 Å². The third-order valence-corrected chi connectivity index (χ3v) is 1.95. The Hall–Kier alpha value is -2.64. The number of rotatable bonds is 5. The lowest BCUT2D eigenvalue weighted by molar-refractivity contribution is -0.137. The summed E-state index contributed by atoms with van der Waals surface area (Å²) in [7, 11) is 0. The Balaban J connectivity index is 2.29. The molecule has 102 valence electrons. The second kappa shape index (κ2) is 6.94. The van der Waals surface area contributed by atoms with Crippen LogP contribution >= 0.6 is 0 Å². The normalized spacial score (nSPS) is 9.53. The molecule has 0 aliphatic rings. The highest BCUT2D eigenvalue weighted by atomic mass is 19.1. The van der Waals surface area contributed by atoms with Crippen LogP contribution in [-0.2, 0) is 9.59 Å². The van der Waals surface area contributed by atoms with Gasteiger partial charge in [-0.25, -0.2) is 9.18 Å². The smallest absolute Gasteiger partial charge is 0.322 e. The van der Waals surface area contributed by atoms with Crippen LogP contribution in [-0.4, -0.2) is 36.1 Å². The van der Waals surface area contributed by atoms with E-state index in [-0.39, 0.29) is 6.54 Å². The van der Waals surface area contributed by atoms with Crippen molar-refractivity contribution in [2.75, 3.05) is 18.4 Å². The first kappa shape index (κ1) is 14.4. The van der Waals surface area contributed by atoms with E-state index in [4.69, 9.17) is 5.11 Å². The molecule has 0 bridgehead atoms. The molecule has 0 aliphatic carbocycles. The van der Waals surface area contributed by atoms with E-state index < -0.39 is 30.3 Å². The van der Waals surface area contributed by atoms with Crippen molar-refractivity contribution in [2.45, 2.75) is 0 Å². The van der Waals surface area contributed by atoms with Crippen molar-refractivity contribution in [3.8, 4) is 0 Å². The summed E-state index contributed by atoms with van der Waals surface area (Å²) in [4.78, 5) is 32.6. The van der Waals surface area contributed by atoms with E-state index in [9.17, 15) is 18.8 Å². The van der Waals surface area contributed by atoms with Gasteiger partial charge in [0, 0.05) is 5.69 Å². The molecule has 0 saturated carbocycles. The van der Waals surface area contributed by atoms with Crippen LogP contribution in [0.3, 0.4) is 0 Å². The molecule has 0 unspecified atom stereocenters. The van der Waals surface area contributed by atoms with Gasteiger partial charge in [0.15, 0.2) is 0 Å². The fraction of sp³-hybridized carbons (Fsp3) is 0.182. The van der Waals surface area contributed by atoms with Gasteiger partial charge in [0.25, 0.3) is 0 Å². The van der Waals surface area contributed by atoms with E-state index >= 15 is 0 Å². The predicted molar refractivity (Wildman–Crippen MR) is 64.1 cm³/mol. The zero-order chi connectivity index (χ0) is 14.3. The molecule has 0 aromatic heterocycles. The molecule has 19 heavy (non-hydrogen) atoms. The van der Waals surface area contributed by atoms with E-state index in [1.807, 2.05) is 0 Å². The van der Waals surface area contributed by atoms with Gasteiger partial charge in [0.05, 0.1) is 6.54 Å². The maximum absolute atomic E-state index is 12.6. The van der Waals surface area contributed by atoms with Gasteiger partial charge in [-0.15, -0.1) is 0 Å². The lowest BCUT2D eigenvalue weighted by Crippen LogP contribution is -2.40. The Labute approximate surface area is 107 Å². The summed E-state index contributed by atoms with van der Waals surface area (Å²) in [5.41, 5.74) is 0.366. The third kappa shape index (κ3) is 6.01. The number of benzene rings is 1. The maximum atomic E-state index is 12.6. The van der Waals surface area contributed by atoms with Crippen LogP contribution in [0.15, 0.2) is 24.3 Å². The van der Waals surface area contributed by atoms with Gasteiger partial charge in [-0.2, -0.15) is 0 Å². The first-order valence-corrected chi connectivity index (χ1v) is 5.26. The topological polar surface area (TPSA) is 108 Å². The fourth-order valence-corrected chi connectivity index (χ4v) is 1.11. The Kier molecular flexibility index (Phi) is 5.27. The highest BCUT2D eigenvalue weighted by Crippen LogP contribution is 2.07. The van der Waals surface area contributed by atoms with E-state index in [0.29, 0.717) is 5.69 Å². The van der Waals surface area contributed by atoms with Crippen molar-refractivity contribution in [3.63, 3.8) is 0 Å². The molecule has 0 radical (unpaired) electrons. The average Bonchev–Trinajstić information content (AvgIpc) is 2.36. The average molecular weight is 269 g/mol. The Bertz CT molecular complexity index is 475. The van der Waals surface area contributed by atoms with E-state index in [1.54, 1.807) is 0 Å². The minimum Gasteiger partial charge on any atom is -0.480 e. The van der Waals surface area contributed by atoms with Gasteiger partial charge >= 0.3 is 12.0 Å². The summed E-state index contributed by atoms with van der Waals surface area (Å²) >= 11 is 0. The monoisotopic (exact) mass is 269 g/mol. The minimum atomic E-state index is -1.18. The molecule has 0 heterocycles. The van der Waals surface area contributed by atoms with Gasteiger partial charge in [-0.3, -0.25) is 9.59 Å². The lowest BCUT2D eigenvalue weighted by Gasteiger charge is -2.07. The van der Waals surface area contributed by atoms with E-state index in [0.717, 1.165) is 0 Å².